The van der Waals surface area contributed by atoms with Gasteiger partial charge in [0.1, 0.15) is 23.7 Å². The topological polar surface area (TPSA) is 97.9 Å². The van der Waals surface area contributed by atoms with Gasteiger partial charge in [-0.3, -0.25) is 4.79 Å². The van der Waals surface area contributed by atoms with Crippen LogP contribution in [0.25, 0.3) is 22.3 Å². The van der Waals surface area contributed by atoms with E-state index in [0.29, 0.717) is 36.0 Å². The molecule has 1 saturated carbocycles. The predicted molar refractivity (Wildman–Crippen MR) is 117 cm³/mol. The number of ketones is 1. The maximum atomic E-state index is 11.5. The third-order valence-electron chi connectivity index (χ3n) is 6.40. The van der Waals surface area contributed by atoms with Gasteiger partial charge in [-0.05, 0) is 42.5 Å². The molecule has 1 aliphatic carbocycles. The molecule has 1 aliphatic heterocycles. The summed E-state index contributed by atoms with van der Waals surface area (Å²) in [6.07, 6.45) is 10.7. The van der Waals surface area contributed by atoms with Crippen LogP contribution in [0.1, 0.15) is 56.4 Å². The second kappa shape index (κ2) is 7.97. The second-order valence-electron chi connectivity index (χ2n) is 8.32. The second-order valence-corrected chi connectivity index (χ2v) is 8.32. The molecule has 0 radical (unpaired) electrons. The van der Waals surface area contributed by atoms with Gasteiger partial charge in [-0.25, -0.2) is 19.9 Å². The molecule has 0 atom stereocenters. The van der Waals surface area contributed by atoms with E-state index in [2.05, 4.69) is 32.0 Å². The van der Waals surface area contributed by atoms with E-state index < -0.39 is 0 Å². The fourth-order valence-electron chi connectivity index (χ4n) is 4.71. The van der Waals surface area contributed by atoms with E-state index >= 15 is 0 Å². The van der Waals surface area contributed by atoms with E-state index in [4.69, 9.17) is 10.7 Å². The molecule has 7 nitrogen and oxygen atoms in total. The maximum absolute atomic E-state index is 11.5. The minimum Gasteiger partial charge on any atom is -0.383 e. The standard InChI is InChI=1S/C23H26N6O/c24-22-21-18(15-4-2-1-3-5-15)12-19(28-23(21)27-14-26-22)16-6-7-20(25-13-16)29-10-8-17(30)9-11-29/h6-7,12-15H,1-5,8-11H2,(H2,24,26,27,28). The minimum absolute atomic E-state index is 0.333. The van der Waals surface area contributed by atoms with Gasteiger partial charge in [0.25, 0.3) is 0 Å². The first kappa shape index (κ1) is 18.9. The monoisotopic (exact) mass is 402 g/mol. The molecule has 0 amide bonds. The molecule has 30 heavy (non-hydrogen) atoms. The van der Waals surface area contributed by atoms with Crippen molar-refractivity contribution in [1.29, 1.82) is 0 Å². The van der Waals surface area contributed by atoms with Gasteiger partial charge < -0.3 is 10.6 Å². The third-order valence-corrected chi connectivity index (χ3v) is 6.40. The molecule has 2 aliphatic rings. The summed E-state index contributed by atoms with van der Waals surface area (Å²) in [5.74, 6) is 2.22. The van der Waals surface area contributed by atoms with Gasteiger partial charge in [-0.2, -0.15) is 0 Å². The van der Waals surface area contributed by atoms with Crippen molar-refractivity contribution in [3.8, 4) is 11.3 Å². The number of carbonyl (C=O) groups excluding carboxylic acids is 1. The van der Waals surface area contributed by atoms with Crippen molar-refractivity contribution in [3.05, 3.63) is 36.3 Å². The summed E-state index contributed by atoms with van der Waals surface area (Å²) in [6, 6.07) is 6.24. The molecule has 0 spiro atoms. The number of nitrogens with zero attached hydrogens (tertiary/aromatic N) is 5. The zero-order chi connectivity index (χ0) is 20.5. The Balaban J connectivity index is 1.52. The summed E-state index contributed by atoms with van der Waals surface area (Å²) in [4.78, 5) is 31.7. The molecule has 2 N–H and O–H groups in total. The van der Waals surface area contributed by atoms with Crippen LogP contribution in [-0.2, 0) is 4.79 Å². The van der Waals surface area contributed by atoms with Crippen LogP contribution in [0.2, 0.25) is 0 Å². The highest BCUT2D eigenvalue weighted by Gasteiger charge is 2.22. The third kappa shape index (κ3) is 3.60. The molecule has 7 heteroatoms. The molecule has 3 aromatic heterocycles. The molecule has 1 saturated heterocycles. The zero-order valence-corrected chi connectivity index (χ0v) is 17.0. The number of nitrogen functional groups attached to an aromatic ring is 1. The van der Waals surface area contributed by atoms with Gasteiger partial charge >= 0.3 is 0 Å². The molecule has 5 rings (SSSR count). The molecular weight excluding hydrogens is 376 g/mol. The number of rotatable bonds is 3. The number of nitrogens with two attached hydrogens (primary N) is 1. The smallest absolute Gasteiger partial charge is 0.165 e. The lowest BCUT2D eigenvalue weighted by Crippen LogP contribution is -2.34. The SMILES string of the molecule is Nc1ncnc2nc(-c3ccc(N4CCC(=O)CC4)nc3)cc(C3CCCCC3)c12. The average Bonchev–Trinajstić information content (AvgIpc) is 2.80. The highest BCUT2D eigenvalue weighted by molar-refractivity contribution is 5.91. The molecule has 154 valence electrons. The molecule has 0 bridgehead atoms. The lowest BCUT2D eigenvalue weighted by Gasteiger charge is -2.27. The van der Waals surface area contributed by atoms with Crippen molar-refractivity contribution in [2.75, 3.05) is 23.7 Å². The minimum atomic E-state index is 0.333. The van der Waals surface area contributed by atoms with E-state index in [0.717, 1.165) is 48.4 Å². The number of anilines is 2. The zero-order valence-electron chi connectivity index (χ0n) is 17.0. The summed E-state index contributed by atoms with van der Waals surface area (Å²) in [5, 5.41) is 0.899. The molecule has 3 aromatic rings. The Labute approximate surface area is 175 Å². The lowest BCUT2D eigenvalue weighted by molar-refractivity contribution is -0.119. The van der Waals surface area contributed by atoms with Gasteiger partial charge in [0.2, 0.25) is 0 Å². The van der Waals surface area contributed by atoms with E-state index in [1.165, 1.54) is 31.2 Å². The quantitative estimate of drug-likeness (QED) is 0.710. The Morgan fingerprint density at radius 1 is 1.00 bits per heavy atom. The summed E-state index contributed by atoms with van der Waals surface area (Å²) in [5.41, 5.74) is 9.93. The Morgan fingerprint density at radius 2 is 1.80 bits per heavy atom. The number of fused-ring (bicyclic) bond motifs is 1. The fourth-order valence-corrected chi connectivity index (χ4v) is 4.71. The highest BCUT2D eigenvalue weighted by Crippen LogP contribution is 2.38. The van der Waals surface area contributed by atoms with Gasteiger partial charge in [0, 0.05) is 37.7 Å². The first-order valence-electron chi connectivity index (χ1n) is 10.8. The van der Waals surface area contributed by atoms with Crippen molar-refractivity contribution in [2.24, 2.45) is 0 Å². The molecular formula is C23H26N6O. The van der Waals surface area contributed by atoms with E-state index in [9.17, 15) is 4.79 Å². The predicted octanol–water partition coefficient (Wildman–Crippen LogP) is 3.89. The van der Waals surface area contributed by atoms with Crippen molar-refractivity contribution in [3.63, 3.8) is 0 Å². The molecule has 0 unspecified atom stereocenters. The van der Waals surface area contributed by atoms with Crippen molar-refractivity contribution >= 4 is 28.5 Å². The van der Waals surface area contributed by atoms with Crippen LogP contribution in [0.4, 0.5) is 11.6 Å². The number of hydrogen-bond donors (Lipinski definition) is 1. The van der Waals surface area contributed by atoms with Crippen LogP contribution < -0.4 is 10.6 Å². The number of pyridine rings is 2. The molecule has 0 aromatic carbocycles. The van der Waals surface area contributed by atoms with Gasteiger partial charge in [0.05, 0.1) is 11.1 Å². The summed E-state index contributed by atoms with van der Waals surface area (Å²) >= 11 is 0. The van der Waals surface area contributed by atoms with Crippen LogP contribution in [0.5, 0.6) is 0 Å². The number of aromatic nitrogens is 4. The van der Waals surface area contributed by atoms with E-state index in [1.54, 1.807) is 0 Å². The maximum Gasteiger partial charge on any atom is 0.165 e. The van der Waals surface area contributed by atoms with Crippen LogP contribution >= 0.6 is 0 Å². The Morgan fingerprint density at radius 3 is 2.53 bits per heavy atom. The van der Waals surface area contributed by atoms with Crippen LogP contribution in [0.3, 0.4) is 0 Å². The normalized spacial score (nSPS) is 18.1. The van der Waals surface area contributed by atoms with Crippen LogP contribution in [0.15, 0.2) is 30.7 Å². The van der Waals surface area contributed by atoms with Crippen molar-refractivity contribution in [2.45, 2.75) is 50.9 Å². The fraction of sp³-hybridized carbons (Fsp3) is 0.435. The molecule has 2 fully saturated rings. The lowest BCUT2D eigenvalue weighted by atomic mass is 9.82. The number of piperidine rings is 1. The van der Waals surface area contributed by atoms with Crippen LogP contribution in [0, 0.1) is 0 Å². The Hall–Kier alpha value is -3.09. The highest BCUT2D eigenvalue weighted by atomic mass is 16.1. The van der Waals surface area contributed by atoms with Crippen molar-refractivity contribution < 1.29 is 4.79 Å². The first-order chi connectivity index (χ1) is 14.7. The number of Topliss-reactive ketones (excluding diaryl/α,β-unsaturated/α-hetero) is 1. The number of carbonyl (C=O) groups is 1. The molecule has 4 heterocycles. The summed E-state index contributed by atoms with van der Waals surface area (Å²) in [7, 11) is 0. The number of hydrogen-bond acceptors (Lipinski definition) is 7. The van der Waals surface area contributed by atoms with Crippen molar-refractivity contribution in [1.82, 2.24) is 19.9 Å². The summed E-state index contributed by atoms with van der Waals surface area (Å²) < 4.78 is 0. The Kier molecular flexibility index (Phi) is 5.02. The van der Waals surface area contributed by atoms with Gasteiger partial charge in [-0.1, -0.05) is 19.3 Å². The average molecular weight is 403 g/mol. The van der Waals surface area contributed by atoms with Crippen LogP contribution in [-0.4, -0.2) is 38.8 Å². The largest absolute Gasteiger partial charge is 0.383 e. The summed E-state index contributed by atoms with van der Waals surface area (Å²) in [6.45, 7) is 1.48. The first-order valence-corrected chi connectivity index (χ1v) is 10.8. The van der Waals surface area contributed by atoms with E-state index in [1.807, 2.05) is 12.3 Å². The van der Waals surface area contributed by atoms with Gasteiger partial charge in [0.15, 0.2) is 5.65 Å². The van der Waals surface area contributed by atoms with E-state index in [-0.39, 0.29) is 0 Å². The Bertz CT molecular complexity index is 1060. The van der Waals surface area contributed by atoms with Gasteiger partial charge in [-0.15, -0.1) is 0 Å².